The minimum absolute atomic E-state index is 0.111. The van der Waals surface area contributed by atoms with Gasteiger partial charge in [0.25, 0.3) is 0 Å². The lowest BCUT2D eigenvalue weighted by molar-refractivity contribution is -0.126. The van der Waals surface area contributed by atoms with Crippen LogP contribution in [0.3, 0.4) is 0 Å². The highest BCUT2D eigenvalue weighted by Crippen LogP contribution is 2.28. The van der Waals surface area contributed by atoms with Gasteiger partial charge >= 0.3 is 13.2 Å². The number of anilines is 1. The summed E-state index contributed by atoms with van der Waals surface area (Å²) >= 11 is 0. The van der Waals surface area contributed by atoms with Gasteiger partial charge in [-0.05, 0) is 42.5 Å². The van der Waals surface area contributed by atoms with Crippen molar-refractivity contribution in [1.82, 2.24) is 4.90 Å². The first kappa shape index (κ1) is 22.4. The molecule has 0 unspecified atom stereocenters. The van der Waals surface area contributed by atoms with Gasteiger partial charge in [-0.1, -0.05) is 0 Å². The normalized spacial score (nSPS) is 14.5. The quantitative estimate of drug-likeness (QED) is 0.471. The van der Waals surface area contributed by atoms with Gasteiger partial charge in [-0.2, -0.15) is 17.6 Å². The number of rotatable bonds is 7. The molecule has 5 nitrogen and oxygen atoms in total. The first-order chi connectivity index (χ1) is 14.8. The minimum Gasteiger partial charge on any atom is -0.435 e. The van der Waals surface area contributed by atoms with E-state index < -0.39 is 19.0 Å². The van der Waals surface area contributed by atoms with Crippen LogP contribution in [0, 0.1) is 5.82 Å². The fourth-order valence-electron chi connectivity index (χ4n) is 3.13. The number of carbonyl (C=O) groups is 1. The fourth-order valence-corrected chi connectivity index (χ4v) is 3.13. The number of piperazine rings is 1. The summed E-state index contributed by atoms with van der Waals surface area (Å²) in [6.07, 6.45) is 2.48. The Bertz CT molecular complexity index is 914. The van der Waals surface area contributed by atoms with Crippen molar-refractivity contribution in [2.24, 2.45) is 0 Å². The van der Waals surface area contributed by atoms with Crippen molar-refractivity contribution in [3.8, 4) is 11.5 Å². The van der Waals surface area contributed by atoms with Crippen molar-refractivity contribution in [3.05, 3.63) is 59.9 Å². The Morgan fingerprint density at radius 2 is 1.55 bits per heavy atom. The van der Waals surface area contributed by atoms with Gasteiger partial charge in [0.15, 0.2) is 0 Å². The van der Waals surface area contributed by atoms with Gasteiger partial charge in [-0.15, -0.1) is 0 Å². The zero-order valence-electron chi connectivity index (χ0n) is 16.2. The van der Waals surface area contributed by atoms with Gasteiger partial charge < -0.3 is 19.3 Å². The van der Waals surface area contributed by atoms with Crippen molar-refractivity contribution >= 4 is 17.7 Å². The van der Waals surface area contributed by atoms with E-state index in [1.165, 1.54) is 30.4 Å². The topological polar surface area (TPSA) is 42.0 Å². The maximum Gasteiger partial charge on any atom is 0.387 e. The third kappa shape index (κ3) is 6.34. The molecule has 1 fully saturated rings. The molecule has 2 aromatic carbocycles. The molecule has 2 aromatic rings. The first-order valence-electron chi connectivity index (χ1n) is 9.33. The highest BCUT2D eigenvalue weighted by Gasteiger charge is 2.20. The Labute approximate surface area is 175 Å². The standard InChI is InChI=1S/C21H19F5N2O3/c22-15-3-5-16(6-4-15)27-9-11-28(12-10-27)19(29)8-2-14-1-7-17(30-20(23)24)13-18(14)31-21(25)26/h1-8,13,20-21H,9-12H2/b8-2+. The highest BCUT2D eigenvalue weighted by molar-refractivity contribution is 5.92. The van der Waals surface area contributed by atoms with E-state index in [1.807, 2.05) is 4.90 Å². The monoisotopic (exact) mass is 442 g/mol. The maximum atomic E-state index is 13.1. The number of carbonyl (C=O) groups excluding carboxylic acids is 1. The molecule has 0 aliphatic carbocycles. The van der Waals surface area contributed by atoms with E-state index >= 15 is 0 Å². The van der Waals surface area contributed by atoms with E-state index in [1.54, 1.807) is 17.0 Å². The molecule has 1 amide bonds. The van der Waals surface area contributed by atoms with Crippen LogP contribution in [0.15, 0.2) is 48.5 Å². The van der Waals surface area contributed by atoms with Crippen molar-refractivity contribution in [3.63, 3.8) is 0 Å². The van der Waals surface area contributed by atoms with Crippen LogP contribution >= 0.6 is 0 Å². The molecule has 0 atom stereocenters. The average Bonchev–Trinajstić information content (AvgIpc) is 2.73. The Morgan fingerprint density at radius 1 is 0.903 bits per heavy atom. The largest absolute Gasteiger partial charge is 0.435 e. The number of hydrogen-bond acceptors (Lipinski definition) is 4. The van der Waals surface area contributed by atoms with Crippen LogP contribution in [0.25, 0.3) is 6.08 Å². The molecule has 0 spiro atoms. The first-order valence-corrected chi connectivity index (χ1v) is 9.33. The molecule has 0 bridgehead atoms. The summed E-state index contributed by atoms with van der Waals surface area (Å²) in [5.41, 5.74) is 0.962. The van der Waals surface area contributed by atoms with Crippen LogP contribution in [0.5, 0.6) is 11.5 Å². The smallest absolute Gasteiger partial charge is 0.387 e. The molecule has 1 saturated heterocycles. The van der Waals surface area contributed by atoms with Gasteiger partial charge in [0, 0.05) is 49.6 Å². The van der Waals surface area contributed by atoms with Crippen LogP contribution in [0.2, 0.25) is 0 Å². The van der Waals surface area contributed by atoms with Gasteiger partial charge in [-0.25, -0.2) is 4.39 Å². The molecule has 1 aliphatic rings. The van der Waals surface area contributed by atoms with Crippen molar-refractivity contribution < 1.29 is 36.2 Å². The number of nitrogens with zero attached hydrogens (tertiary/aromatic N) is 2. The SMILES string of the molecule is O=C(/C=C/c1ccc(OC(F)F)cc1OC(F)F)N1CCN(c2ccc(F)cc2)CC1. The highest BCUT2D eigenvalue weighted by atomic mass is 19.3. The number of ether oxygens (including phenoxy) is 2. The number of benzene rings is 2. The van der Waals surface area contributed by atoms with Crippen molar-refractivity contribution in [1.29, 1.82) is 0 Å². The Hall–Kier alpha value is -3.30. The van der Waals surface area contributed by atoms with Gasteiger partial charge in [0.2, 0.25) is 5.91 Å². The molecule has 1 aliphatic heterocycles. The molecule has 31 heavy (non-hydrogen) atoms. The zero-order chi connectivity index (χ0) is 22.4. The lowest BCUT2D eigenvalue weighted by atomic mass is 10.1. The molecule has 166 valence electrons. The molecule has 10 heteroatoms. The van der Waals surface area contributed by atoms with Crippen LogP contribution in [0.4, 0.5) is 27.6 Å². The number of halogens is 5. The van der Waals surface area contributed by atoms with Crippen LogP contribution in [-0.2, 0) is 4.79 Å². The predicted molar refractivity (Wildman–Crippen MR) is 104 cm³/mol. The summed E-state index contributed by atoms with van der Waals surface area (Å²) in [4.78, 5) is 16.1. The minimum atomic E-state index is -3.18. The molecule has 0 radical (unpaired) electrons. The van der Waals surface area contributed by atoms with Gasteiger partial charge in [0.1, 0.15) is 17.3 Å². The Morgan fingerprint density at radius 3 is 2.16 bits per heavy atom. The van der Waals surface area contributed by atoms with Crippen LogP contribution in [-0.4, -0.2) is 50.2 Å². The summed E-state index contributed by atoms with van der Waals surface area (Å²) < 4.78 is 71.5. The summed E-state index contributed by atoms with van der Waals surface area (Å²) in [6.45, 7) is -4.36. The van der Waals surface area contributed by atoms with Gasteiger partial charge in [0.05, 0.1) is 0 Å². The summed E-state index contributed by atoms with van der Waals surface area (Å²) in [7, 11) is 0. The second kappa shape index (κ2) is 10.1. The van der Waals surface area contributed by atoms with E-state index in [4.69, 9.17) is 0 Å². The van der Waals surface area contributed by atoms with Crippen molar-refractivity contribution in [2.45, 2.75) is 13.2 Å². The maximum absolute atomic E-state index is 13.1. The third-order valence-corrected chi connectivity index (χ3v) is 4.61. The lowest BCUT2D eigenvalue weighted by Gasteiger charge is -2.35. The summed E-state index contributed by atoms with van der Waals surface area (Å²) in [5, 5.41) is 0. The van der Waals surface area contributed by atoms with E-state index in [2.05, 4.69) is 9.47 Å². The zero-order valence-corrected chi connectivity index (χ0v) is 16.2. The molecule has 0 saturated carbocycles. The number of alkyl halides is 4. The van der Waals surface area contributed by atoms with E-state index in [-0.39, 0.29) is 23.0 Å². The van der Waals surface area contributed by atoms with Crippen LogP contribution < -0.4 is 14.4 Å². The van der Waals surface area contributed by atoms with E-state index in [0.29, 0.717) is 26.2 Å². The summed E-state index contributed by atoms with van der Waals surface area (Å²) in [6, 6.07) is 9.38. The van der Waals surface area contributed by atoms with Crippen LogP contribution in [0.1, 0.15) is 5.56 Å². The second-order valence-electron chi connectivity index (χ2n) is 6.58. The number of hydrogen-bond donors (Lipinski definition) is 0. The average molecular weight is 442 g/mol. The lowest BCUT2D eigenvalue weighted by Crippen LogP contribution is -2.48. The molecule has 0 N–H and O–H groups in total. The molecule has 3 rings (SSSR count). The Kier molecular flexibility index (Phi) is 7.32. The molecule has 1 heterocycles. The second-order valence-corrected chi connectivity index (χ2v) is 6.58. The van der Waals surface area contributed by atoms with E-state index in [0.717, 1.165) is 17.8 Å². The number of amides is 1. The molecule has 0 aromatic heterocycles. The third-order valence-electron chi connectivity index (χ3n) is 4.61. The Balaban J connectivity index is 1.63. The molecular weight excluding hydrogens is 423 g/mol. The summed E-state index contributed by atoms with van der Waals surface area (Å²) in [5.74, 6) is -1.40. The van der Waals surface area contributed by atoms with Gasteiger partial charge in [-0.3, -0.25) is 4.79 Å². The predicted octanol–water partition coefficient (Wildman–Crippen LogP) is 4.39. The molecular formula is C21H19F5N2O3. The van der Waals surface area contributed by atoms with Crippen molar-refractivity contribution in [2.75, 3.05) is 31.1 Å². The van der Waals surface area contributed by atoms with E-state index in [9.17, 15) is 26.7 Å². The fraction of sp³-hybridized carbons (Fsp3) is 0.286.